The average molecular weight is 327 g/mol. The van der Waals surface area contributed by atoms with Gasteiger partial charge in [0.2, 0.25) is 0 Å². The highest BCUT2D eigenvalue weighted by molar-refractivity contribution is 7.19. The van der Waals surface area contributed by atoms with Crippen LogP contribution in [-0.4, -0.2) is 15.0 Å². The third kappa shape index (κ3) is 3.31. The zero-order valence-electron chi connectivity index (χ0n) is 13.0. The standard InChI is InChI=1S/C9H9NS.C8H8N2S/c1-6-3-8-4-7(2)11-9(8)5-10-6;1-5-4-9-8-7(10-5)3-6(2)11-8/h3-5H,1-2H3;3-4H,1-2H3. The van der Waals surface area contributed by atoms with Gasteiger partial charge in [0, 0.05) is 27.8 Å². The molecule has 0 aromatic carbocycles. The van der Waals surface area contributed by atoms with Crippen molar-refractivity contribution in [2.45, 2.75) is 27.7 Å². The fraction of sp³-hybridized carbons (Fsp3) is 0.235. The Labute approximate surface area is 137 Å². The van der Waals surface area contributed by atoms with E-state index in [-0.39, 0.29) is 0 Å². The highest BCUT2D eigenvalue weighted by Gasteiger charge is 1.99. The zero-order chi connectivity index (χ0) is 15.7. The molecule has 0 aliphatic carbocycles. The smallest absolute Gasteiger partial charge is 0.142 e. The summed E-state index contributed by atoms with van der Waals surface area (Å²) in [6.07, 6.45) is 3.75. The van der Waals surface area contributed by atoms with Crippen molar-refractivity contribution in [1.29, 1.82) is 0 Å². The monoisotopic (exact) mass is 327 g/mol. The predicted molar refractivity (Wildman–Crippen MR) is 96.0 cm³/mol. The lowest BCUT2D eigenvalue weighted by molar-refractivity contribution is 1.20. The molecule has 3 nitrogen and oxygen atoms in total. The van der Waals surface area contributed by atoms with Crippen molar-refractivity contribution in [3.63, 3.8) is 0 Å². The number of aryl methyl sites for hydroxylation is 4. The van der Waals surface area contributed by atoms with Crippen LogP contribution in [0.15, 0.2) is 30.6 Å². The molecular formula is C17H17N3S2. The van der Waals surface area contributed by atoms with Crippen molar-refractivity contribution >= 4 is 43.1 Å². The van der Waals surface area contributed by atoms with Gasteiger partial charge < -0.3 is 0 Å². The van der Waals surface area contributed by atoms with Crippen LogP contribution in [-0.2, 0) is 0 Å². The molecule has 5 heteroatoms. The van der Waals surface area contributed by atoms with Gasteiger partial charge in [-0.2, -0.15) is 0 Å². The molecule has 0 spiro atoms. The Hall–Kier alpha value is -1.85. The van der Waals surface area contributed by atoms with E-state index in [9.17, 15) is 0 Å². The molecule has 0 fully saturated rings. The Bertz CT molecular complexity index is 860. The maximum Gasteiger partial charge on any atom is 0.142 e. The third-order valence-corrected chi connectivity index (χ3v) is 5.09. The minimum absolute atomic E-state index is 0.982. The van der Waals surface area contributed by atoms with Crippen LogP contribution < -0.4 is 0 Å². The van der Waals surface area contributed by atoms with Gasteiger partial charge in [-0.15, -0.1) is 22.7 Å². The van der Waals surface area contributed by atoms with Crippen LogP contribution in [0, 0.1) is 27.7 Å². The number of thiophene rings is 2. The Morgan fingerprint density at radius 1 is 0.773 bits per heavy atom. The number of fused-ring (bicyclic) bond motifs is 2. The molecule has 0 saturated heterocycles. The van der Waals surface area contributed by atoms with Crippen LogP contribution in [0.1, 0.15) is 21.1 Å². The van der Waals surface area contributed by atoms with E-state index in [2.05, 4.69) is 47.0 Å². The molecule has 0 aliphatic heterocycles. The van der Waals surface area contributed by atoms with Crippen LogP contribution in [0.5, 0.6) is 0 Å². The van der Waals surface area contributed by atoms with E-state index in [0.29, 0.717) is 0 Å². The van der Waals surface area contributed by atoms with Gasteiger partial charge in [-0.1, -0.05) is 0 Å². The predicted octanol–water partition coefficient (Wildman–Crippen LogP) is 5.22. The number of pyridine rings is 1. The summed E-state index contributed by atoms with van der Waals surface area (Å²) in [5, 5.41) is 1.32. The lowest BCUT2D eigenvalue weighted by Crippen LogP contribution is -1.81. The Balaban J connectivity index is 0.000000131. The Morgan fingerprint density at radius 2 is 1.55 bits per heavy atom. The summed E-state index contributed by atoms with van der Waals surface area (Å²) >= 11 is 3.49. The quantitative estimate of drug-likeness (QED) is 0.444. The highest BCUT2D eigenvalue weighted by atomic mass is 32.1. The maximum atomic E-state index is 4.34. The van der Waals surface area contributed by atoms with Crippen LogP contribution in [0.4, 0.5) is 0 Å². The first-order valence-electron chi connectivity index (χ1n) is 7.04. The van der Waals surface area contributed by atoms with E-state index in [4.69, 9.17) is 0 Å². The van der Waals surface area contributed by atoms with Crippen LogP contribution >= 0.6 is 22.7 Å². The number of rotatable bonds is 0. The molecule has 112 valence electrons. The Kier molecular flexibility index (Phi) is 4.18. The zero-order valence-corrected chi connectivity index (χ0v) is 14.7. The molecule has 4 rings (SSSR count). The summed E-state index contributed by atoms with van der Waals surface area (Å²) in [7, 11) is 0. The highest BCUT2D eigenvalue weighted by Crippen LogP contribution is 2.24. The fourth-order valence-electron chi connectivity index (χ4n) is 2.22. The number of hydrogen-bond acceptors (Lipinski definition) is 5. The van der Waals surface area contributed by atoms with E-state index < -0.39 is 0 Å². The van der Waals surface area contributed by atoms with Gasteiger partial charge in [-0.3, -0.25) is 4.98 Å². The number of hydrogen-bond donors (Lipinski definition) is 0. The summed E-state index contributed by atoms with van der Waals surface area (Å²) in [6.45, 7) is 8.18. The van der Waals surface area contributed by atoms with Crippen molar-refractivity contribution in [2.24, 2.45) is 0 Å². The summed E-state index contributed by atoms with van der Waals surface area (Å²) in [5.41, 5.74) is 3.10. The van der Waals surface area contributed by atoms with E-state index >= 15 is 0 Å². The molecule has 0 radical (unpaired) electrons. The van der Waals surface area contributed by atoms with Crippen molar-refractivity contribution in [3.8, 4) is 0 Å². The first-order chi connectivity index (χ1) is 10.5. The van der Waals surface area contributed by atoms with Gasteiger partial charge in [0.15, 0.2) is 0 Å². The van der Waals surface area contributed by atoms with Crippen molar-refractivity contribution in [1.82, 2.24) is 15.0 Å². The topological polar surface area (TPSA) is 38.7 Å². The molecule has 0 saturated carbocycles. The molecule has 22 heavy (non-hydrogen) atoms. The van der Waals surface area contributed by atoms with Gasteiger partial charge in [-0.25, -0.2) is 9.97 Å². The minimum atomic E-state index is 0.982. The van der Waals surface area contributed by atoms with Gasteiger partial charge in [0.05, 0.1) is 10.4 Å². The maximum absolute atomic E-state index is 4.34. The van der Waals surface area contributed by atoms with Crippen LogP contribution in [0.3, 0.4) is 0 Å². The van der Waals surface area contributed by atoms with E-state index in [1.165, 1.54) is 19.8 Å². The van der Waals surface area contributed by atoms with E-state index in [0.717, 1.165) is 21.7 Å². The second-order valence-electron chi connectivity index (χ2n) is 5.28. The molecule has 0 N–H and O–H groups in total. The molecule has 0 amide bonds. The van der Waals surface area contributed by atoms with Crippen LogP contribution in [0.25, 0.3) is 20.4 Å². The van der Waals surface area contributed by atoms with Gasteiger partial charge in [0.25, 0.3) is 0 Å². The van der Waals surface area contributed by atoms with Crippen molar-refractivity contribution in [3.05, 3.63) is 51.7 Å². The van der Waals surface area contributed by atoms with Gasteiger partial charge in [-0.05, 0) is 51.3 Å². The van der Waals surface area contributed by atoms with Gasteiger partial charge >= 0.3 is 0 Å². The SMILES string of the molecule is Cc1cc2cc(C)sc2cn1.Cc1cnc2sc(C)cc2n1. The van der Waals surface area contributed by atoms with E-state index in [1.807, 2.05) is 20.0 Å². The average Bonchev–Trinajstić information content (AvgIpc) is 2.99. The Morgan fingerprint density at radius 3 is 2.36 bits per heavy atom. The summed E-state index contributed by atoms with van der Waals surface area (Å²) < 4.78 is 1.29. The third-order valence-electron chi connectivity index (χ3n) is 3.15. The minimum Gasteiger partial charge on any atom is -0.260 e. The van der Waals surface area contributed by atoms with Gasteiger partial charge in [0.1, 0.15) is 10.3 Å². The molecule has 0 unspecified atom stereocenters. The van der Waals surface area contributed by atoms with Crippen molar-refractivity contribution < 1.29 is 0 Å². The summed E-state index contributed by atoms with van der Waals surface area (Å²) in [5.74, 6) is 0. The number of aromatic nitrogens is 3. The van der Waals surface area contributed by atoms with Crippen LogP contribution in [0.2, 0.25) is 0 Å². The lowest BCUT2D eigenvalue weighted by Gasteiger charge is -1.89. The van der Waals surface area contributed by atoms with Crippen molar-refractivity contribution in [2.75, 3.05) is 0 Å². The molecule has 4 aromatic heterocycles. The van der Waals surface area contributed by atoms with E-state index in [1.54, 1.807) is 28.9 Å². The number of nitrogens with zero attached hydrogens (tertiary/aromatic N) is 3. The molecule has 0 bridgehead atoms. The fourth-order valence-corrected chi connectivity index (χ4v) is 3.88. The summed E-state index contributed by atoms with van der Waals surface area (Å²) in [4.78, 5) is 16.5. The molecule has 0 aliphatic rings. The lowest BCUT2D eigenvalue weighted by atomic mass is 10.3. The second kappa shape index (κ2) is 6.10. The largest absolute Gasteiger partial charge is 0.260 e. The molecule has 4 heterocycles. The molecule has 4 aromatic rings. The molecular weight excluding hydrogens is 310 g/mol. The summed E-state index contributed by atoms with van der Waals surface area (Å²) in [6, 6.07) is 6.40. The second-order valence-corrected chi connectivity index (χ2v) is 7.80. The first-order valence-corrected chi connectivity index (χ1v) is 8.67. The first kappa shape index (κ1) is 15.1. The normalized spacial score (nSPS) is 10.7. The molecule has 0 atom stereocenters.